The van der Waals surface area contributed by atoms with Gasteiger partial charge in [-0.2, -0.15) is 0 Å². The Morgan fingerprint density at radius 1 is 1.11 bits per heavy atom. The van der Waals surface area contributed by atoms with E-state index in [0.717, 1.165) is 5.56 Å². The Kier molecular flexibility index (Phi) is 9.29. The molecule has 8 nitrogen and oxygen atoms in total. The van der Waals surface area contributed by atoms with Gasteiger partial charge in [-0.05, 0) is 26.3 Å². The van der Waals surface area contributed by atoms with Gasteiger partial charge in [0.25, 0.3) is 0 Å². The highest BCUT2D eigenvalue weighted by Gasteiger charge is 2.18. The molecule has 0 aliphatic rings. The molecule has 0 unspecified atom stereocenters. The van der Waals surface area contributed by atoms with Crippen LogP contribution in [0.4, 0.5) is 4.79 Å². The van der Waals surface area contributed by atoms with E-state index >= 15 is 0 Å². The van der Waals surface area contributed by atoms with Gasteiger partial charge in [0.2, 0.25) is 5.91 Å². The summed E-state index contributed by atoms with van der Waals surface area (Å²) >= 11 is 0. The highest BCUT2D eigenvalue weighted by Crippen LogP contribution is 2.06. The molecule has 0 spiro atoms. The number of carbonyl (C=O) groups is 3. The molecule has 1 aromatic carbocycles. The molecule has 8 heteroatoms. The number of ether oxygens (including phenoxy) is 2. The van der Waals surface area contributed by atoms with Gasteiger partial charge in [0.1, 0.15) is 12.2 Å². The first-order chi connectivity index (χ1) is 12.7. The summed E-state index contributed by atoms with van der Waals surface area (Å²) in [4.78, 5) is 34.8. The lowest BCUT2D eigenvalue weighted by Gasteiger charge is -2.20. The number of hydrogen-bond acceptors (Lipinski definition) is 6. The third kappa shape index (κ3) is 11.6. The molecule has 27 heavy (non-hydrogen) atoms. The summed E-state index contributed by atoms with van der Waals surface area (Å²) in [7, 11) is 0. The first-order valence-corrected chi connectivity index (χ1v) is 8.77. The molecule has 1 atom stereocenters. The van der Waals surface area contributed by atoms with Crippen molar-refractivity contribution in [3.63, 3.8) is 0 Å². The molecule has 0 bridgehead atoms. The molecule has 0 radical (unpaired) electrons. The molecular formula is C19H28N2O6. The van der Waals surface area contributed by atoms with Crippen molar-refractivity contribution in [3.8, 4) is 0 Å². The number of nitrogens with one attached hydrogen (secondary N) is 2. The summed E-state index contributed by atoms with van der Waals surface area (Å²) in [6.45, 7) is 5.35. The minimum absolute atomic E-state index is 0.0326. The average Bonchev–Trinajstić information content (AvgIpc) is 2.57. The number of aliphatic hydroxyl groups excluding tert-OH is 1. The predicted octanol–water partition coefficient (Wildman–Crippen LogP) is 1.51. The lowest BCUT2D eigenvalue weighted by atomic mass is 10.2. The molecule has 3 N–H and O–H groups in total. The monoisotopic (exact) mass is 380 g/mol. The number of rotatable bonds is 9. The Balaban J connectivity index is 2.13. The van der Waals surface area contributed by atoms with E-state index in [9.17, 15) is 19.5 Å². The molecule has 1 aromatic rings. The van der Waals surface area contributed by atoms with E-state index < -0.39 is 29.7 Å². The molecule has 0 aromatic heterocycles. The molecule has 2 amide bonds. The Morgan fingerprint density at radius 2 is 1.78 bits per heavy atom. The van der Waals surface area contributed by atoms with Crippen LogP contribution < -0.4 is 10.6 Å². The quantitative estimate of drug-likeness (QED) is 0.560. The number of benzene rings is 1. The van der Waals surface area contributed by atoms with Gasteiger partial charge >= 0.3 is 12.1 Å². The van der Waals surface area contributed by atoms with Gasteiger partial charge in [-0.25, -0.2) is 4.79 Å². The van der Waals surface area contributed by atoms with E-state index in [1.165, 1.54) is 0 Å². The van der Waals surface area contributed by atoms with Crippen LogP contribution in [0, 0.1) is 0 Å². The summed E-state index contributed by atoms with van der Waals surface area (Å²) in [6.07, 6.45) is -1.88. The largest absolute Gasteiger partial charge is 0.461 e. The van der Waals surface area contributed by atoms with E-state index in [0.29, 0.717) is 0 Å². The van der Waals surface area contributed by atoms with E-state index in [-0.39, 0.29) is 32.5 Å². The first-order valence-electron chi connectivity index (χ1n) is 8.77. The van der Waals surface area contributed by atoms with Gasteiger partial charge in [-0.15, -0.1) is 0 Å². The molecule has 0 saturated heterocycles. The Hall–Kier alpha value is -2.61. The predicted molar refractivity (Wildman–Crippen MR) is 98.7 cm³/mol. The summed E-state index contributed by atoms with van der Waals surface area (Å²) in [5, 5.41) is 14.7. The Labute approximate surface area is 159 Å². The zero-order valence-electron chi connectivity index (χ0n) is 16.0. The maximum absolute atomic E-state index is 11.7. The lowest BCUT2D eigenvalue weighted by Crippen LogP contribution is -2.39. The standard InChI is InChI=1S/C19H28N2O6/c1-19(2,3)27-18(25)21-12-15(22)11-16(23)20-10-9-17(24)26-13-14-7-5-4-6-8-14/h4-8,15,22H,9-13H2,1-3H3,(H,20,23)(H,21,25)/t15-/m0/s1. The molecule has 1 rings (SSSR count). The van der Waals surface area contributed by atoms with E-state index in [1.807, 2.05) is 30.3 Å². The number of carbonyl (C=O) groups excluding carboxylic acids is 3. The molecule has 0 heterocycles. The van der Waals surface area contributed by atoms with Gasteiger partial charge in [0.15, 0.2) is 0 Å². The molecular weight excluding hydrogens is 352 g/mol. The van der Waals surface area contributed by atoms with Crippen LogP contribution in [0.1, 0.15) is 39.2 Å². The van der Waals surface area contributed by atoms with Crippen LogP contribution in [0.5, 0.6) is 0 Å². The fraction of sp³-hybridized carbons (Fsp3) is 0.526. The normalized spacial score (nSPS) is 12.0. The average molecular weight is 380 g/mol. The molecule has 0 saturated carbocycles. The second kappa shape index (κ2) is 11.2. The van der Waals surface area contributed by atoms with Crippen LogP contribution in [-0.4, -0.2) is 47.9 Å². The third-order valence-electron chi connectivity index (χ3n) is 3.20. The van der Waals surface area contributed by atoms with E-state index in [1.54, 1.807) is 20.8 Å². The van der Waals surface area contributed by atoms with Gasteiger partial charge in [-0.1, -0.05) is 30.3 Å². The number of esters is 1. The highest BCUT2D eigenvalue weighted by molar-refractivity contribution is 5.77. The minimum Gasteiger partial charge on any atom is -0.461 e. The molecule has 0 fully saturated rings. The molecule has 0 aliphatic heterocycles. The fourth-order valence-corrected chi connectivity index (χ4v) is 1.99. The van der Waals surface area contributed by atoms with Crippen LogP contribution in [0.3, 0.4) is 0 Å². The van der Waals surface area contributed by atoms with E-state index in [4.69, 9.17) is 9.47 Å². The number of aliphatic hydroxyl groups is 1. The van der Waals surface area contributed by atoms with Crippen molar-refractivity contribution < 1.29 is 29.0 Å². The van der Waals surface area contributed by atoms with Crippen LogP contribution in [0.25, 0.3) is 0 Å². The number of amides is 2. The smallest absolute Gasteiger partial charge is 0.407 e. The Bertz CT molecular complexity index is 612. The van der Waals surface area contributed by atoms with Crippen molar-refractivity contribution in [3.05, 3.63) is 35.9 Å². The molecule has 0 aliphatic carbocycles. The second-order valence-corrected chi connectivity index (χ2v) is 6.99. The van der Waals surface area contributed by atoms with Crippen molar-refractivity contribution in [2.75, 3.05) is 13.1 Å². The Morgan fingerprint density at radius 3 is 2.41 bits per heavy atom. The summed E-state index contributed by atoms with van der Waals surface area (Å²) in [5.74, 6) is -0.851. The van der Waals surface area contributed by atoms with Crippen LogP contribution in [-0.2, 0) is 25.7 Å². The maximum atomic E-state index is 11.7. The summed E-state index contributed by atoms with van der Waals surface area (Å²) in [6, 6.07) is 9.28. The fourth-order valence-electron chi connectivity index (χ4n) is 1.99. The van der Waals surface area contributed by atoms with Crippen molar-refractivity contribution in [1.29, 1.82) is 0 Å². The first kappa shape index (κ1) is 22.4. The number of alkyl carbamates (subject to hydrolysis) is 1. The van der Waals surface area contributed by atoms with Crippen LogP contribution in [0.15, 0.2) is 30.3 Å². The van der Waals surface area contributed by atoms with Crippen molar-refractivity contribution >= 4 is 18.0 Å². The summed E-state index contributed by atoms with van der Waals surface area (Å²) < 4.78 is 10.1. The lowest BCUT2D eigenvalue weighted by molar-refractivity contribution is -0.144. The van der Waals surface area contributed by atoms with Gasteiger partial charge in [0, 0.05) is 13.1 Å². The maximum Gasteiger partial charge on any atom is 0.407 e. The third-order valence-corrected chi connectivity index (χ3v) is 3.20. The van der Waals surface area contributed by atoms with Crippen molar-refractivity contribution in [1.82, 2.24) is 10.6 Å². The van der Waals surface area contributed by atoms with E-state index in [2.05, 4.69) is 10.6 Å². The zero-order chi connectivity index (χ0) is 20.3. The zero-order valence-corrected chi connectivity index (χ0v) is 16.0. The van der Waals surface area contributed by atoms with Crippen molar-refractivity contribution in [2.45, 2.75) is 51.9 Å². The SMILES string of the molecule is CC(C)(C)OC(=O)NC[C@@H](O)CC(=O)NCCC(=O)OCc1ccccc1. The van der Waals surface area contributed by atoms with Crippen LogP contribution >= 0.6 is 0 Å². The van der Waals surface area contributed by atoms with Gasteiger partial charge < -0.3 is 25.2 Å². The van der Waals surface area contributed by atoms with Crippen LogP contribution in [0.2, 0.25) is 0 Å². The molecule has 150 valence electrons. The number of hydrogen-bond donors (Lipinski definition) is 3. The van der Waals surface area contributed by atoms with Crippen molar-refractivity contribution in [2.24, 2.45) is 0 Å². The highest BCUT2D eigenvalue weighted by atomic mass is 16.6. The second-order valence-electron chi connectivity index (χ2n) is 6.99. The topological polar surface area (TPSA) is 114 Å². The van der Waals surface area contributed by atoms with Gasteiger partial charge in [0.05, 0.1) is 18.9 Å². The van der Waals surface area contributed by atoms with Gasteiger partial charge in [-0.3, -0.25) is 9.59 Å². The minimum atomic E-state index is -1.05. The summed E-state index contributed by atoms with van der Waals surface area (Å²) in [5.41, 5.74) is 0.247.